The average Bonchev–Trinajstić information content (AvgIpc) is 2.83. The van der Waals surface area contributed by atoms with Gasteiger partial charge in [-0.05, 0) is 36.8 Å². The van der Waals surface area contributed by atoms with Gasteiger partial charge in [-0.3, -0.25) is 15.6 Å². The van der Waals surface area contributed by atoms with Crippen LogP contribution >= 0.6 is 35.0 Å². The van der Waals surface area contributed by atoms with Crippen molar-refractivity contribution in [2.75, 3.05) is 11.2 Å². The third kappa shape index (κ3) is 3.44. The van der Waals surface area contributed by atoms with Gasteiger partial charge in [0.2, 0.25) is 0 Å². The molecule has 0 spiro atoms. The summed E-state index contributed by atoms with van der Waals surface area (Å²) >= 11 is 13.5. The van der Waals surface area contributed by atoms with Crippen LogP contribution in [0.3, 0.4) is 0 Å². The summed E-state index contributed by atoms with van der Waals surface area (Å²) in [4.78, 5) is 11.7. The van der Waals surface area contributed by atoms with Crippen molar-refractivity contribution in [3.63, 3.8) is 0 Å². The molecular formula is C11H12Cl2N2OS. The molecule has 1 atom stereocenters. The summed E-state index contributed by atoms with van der Waals surface area (Å²) in [7, 11) is 0. The summed E-state index contributed by atoms with van der Waals surface area (Å²) in [5.41, 5.74) is 6.06. The van der Waals surface area contributed by atoms with Gasteiger partial charge in [-0.1, -0.05) is 23.2 Å². The largest absolute Gasteiger partial charge is 0.297 e. The minimum Gasteiger partial charge on any atom is -0.297 e. The first-order valence-corrected chi connectivity index (χ1v) is 7.10. The Morgan fingerprint density at radius 2 is 2.24 bits per heavy atom. The first kappa shape index (κ1) is 12.9. The van der Waals surface area contributed by atoms with E-state index < -0.39 is 0 Å². The summed E-state index contributed by atoms with van der Waals surface area (Å²) in [6.45, 7) is 0. The molecule has 1 aromatic rings. The third-order valence-electron chi connectivity index (χ3n) is 2.47. The van der Waals surface area contributed by atoms with Crippen molar-refractivity contribution in [2.45, 2.75) is 18.1 Å². The highest BCUT2D eigenvalue weighted by molar-refractivity contribution is 8.00. The van der Waals surface area contributed by atoms with Crippen LogP contribution in [0.15, 0.2) is 18.2 Å². The molecule has 6 heteroatoms. The Morgan fingerprint density at radius 1 is 1.41 bits per heavy atom. The lowest BCUT2D eigenvalue weighted by molar-refractivity contribution is -0.120. The highest BCUT2D eigenvalue weighted by atomic mass is 35.5. The van der Waals surface area contributed by atoms with Gasteiger partial charge < -0.3 is 0 Å². The van der Waals surface area contributed by atoms with Crippen LogP contribution in [-0.4, -0.2) is 16.9 Å². The molecule has 17 heavy (non-hydrogen) atoms. The molecule has 0 radical (unpaired) electrons. The number of nitrogens with one attached hydrogen (secondary N) is 2. The van der Waals surface area contributed by atoms with E-state index in [2.05, 4.69) is 10.9 Å². The second-order valence-electron chi connectivity index (χ2n) is 3.74. The van der Waals surface area contributed by atoms with E-state index in [1.54, 1.807) is 30.0 Å². The lowest BCUT2D eigenvalue weighted by Crippen LogP contribution is -2.35. The summed E-state index contributed by atoms with van der Waals surface area (Å²) < 4.78 is 0. The van der Waals surface area contributed by atoms with E-state index in [4.69, 9.17) is 23.2 Å². The van der Waals surface area contributed by atoms with Crippen molar-refractivity contribution in [3.05, 3.63) is 28.2 Å². The minimum atomic E-state index is -0.0106. The predicted molar refractivity (Wildman–Crippen MR) is 73.7 cm³/mol. The Bertz CT molecular complexity index is 422. The Kier molecular flexibility index (Phi) is 4.42. The van der Waals surface area contributed by atoms with E-state index in [1.807, 2.05) is 0 Å². The van der Waals surface area contributed by atoms with Gasteiger partial charge in [-0.2, -0.15) is 0 Å². The quantitative estimate of drug-likeness (QED) is 0.839. The Labute approximate surface area is 114 Å². The average molecular weight is 291 g/mol. The molecule has 0 aliphatic carbocycles. The van der Waals surface area contributed by atoms with Crippen LogP contribution in [0.25, 0.3) is 0 Å². The molecule has 0 aromatic heterocycles. The van der Waals surface area contributed by atoms with Gasteiger partial charge in [0.1, 0.15) is 0 Å². The number of anilines is 1. The fraction of sp³-hybridized carbons (Fsp3) is 0.364. The maximum absolute atomic E-state index is 11.7. The topological polar surface area (TPSA) is 41.1 Å². The Hall–Kier alpha value is -0.580. The number of hydrogen-bond donors (Lipinski definition) is 2. The van der Waals surface area contributed by atoms with Crippen LogP contribution in [0.2, 0.25) is 10.0 Å². The van der Waals surface area contributed by atoms with E-state index in [-0.39, 0.29) is 11.2 Å². The highest BCUT2D eigenvalue weighted by Gasteiger charge is 2.23. The van der Waals surface area contributed by atoms with Gasteiger partial charge in [-0.15, -0.1) is 11.8 Å². The first-order chi connectivity index (χ1) is 8.16. The molecule has 1 aliphatic rings. The third-order valence-corrected chi connectivity index (χ3v) is 4.41. The summed E-state index contributed by atoms with van der Waals surface area (Å²) in [5, 5.41) is 1.13. The Morgan fingerprint density at radius 3 is 2.94 bits per heavy atom. The van der Waals surface area contributed by atoms with Gasteiger partial charge >= 0.3 is 0 Å². The first-order valence-electron chi connectivity index (χ1n) is 5.29. The Balaban J connectivity index is 1.92. The fourth-order valence-electron chi connectivity index (χ4n) is 1.59. The van der Waals surface area contributed by atoms with Crippen molar-refractivity contribution < 1.29 is 4.79 Å². The predicted octanol–water partition coefficient (Wildman–Crippen LogP) is 3.33. The number of rotatable bonds is 3. The molecule has 0 unspecified atom stereocenters. The van der Waals surface area contributed by atoms with Gasteiger partial charge in [-0.25, -0.2) is 0 Å². The maximum Gasteiger partial charge on any atom is 0.251 e. The molecular weight excluding hydrogens is 279 g/mol. The van der Waals surface area contributed by atoms with E-state index in [1.165, 1.54) is 0 Å². The normalized spacial score (nSPS) is 19.1. The molecule has 2 rings (SSSR count). The van der Waals surface area contributed by atoms with Crippen molar-refractivity contribution in [1.29, 1.82) is 0 Å². The van der Waals surface area contributed by atoms with E-state index in [9.17, 15) is 4.79 Å². The molecule has 1 fully saturated rings. The van der Waals surface area contributed by atoms with Crippen LogP contribution in [0, 0.1) is 0 Å². The molecule has 1 saturated heterocycles. The molecule has 2 N–H and O–H groups in total. The van der Waals surface area contributed by atoms with Gasteiger partial charge in [0, 0.05) is 5.02 Å². The van der Waals surface area contributed by atoms with E-state index in [0.29, 0.717) is 15.7 Å². The number of benzene rings is 1. The van der Waals surface area contributed by atoms with Crippen molar-refractivity contribution >= 4 is 46.6 Å². The smallest absolute Gasteiger partial charge is 0.251 e. The van der Waals surface area contributed by atoms with E-state index in [0.717, 1.165) is 18.6 Å². The zero-order valence-corrected chi connectivity index (χ0v) is 11.3. The van der Waals surface area contributed by atoms with Gasteiger partial charge in [0.15, 0.2) is 0 Å². The zero-order valence-electron chi connectivity index (χ0n) is 9.00. The van der Waals surface area contributed by atoms with E-state index >= 15 is 0 Å². The molecule has 0 bridgehead atoms. The van der Waals surface area contributed by atoms with Crippen molar-refractivity contribution in [2.24, 2.45) is 0 Å². The molecule has 1 heterocycles. The maximum atomic E-state index is 11.7. The molecule has 1 aromatic carbocycles. The number of carbonyl (C=O) groups excluding carboxylic acids is 1. The van der Waals surface area contributed by atoms with Crippen LogP contribution in [0.4, 0.5) is 5.69 Å². The standard InChI is InChI=1S/C11H12Cl2N2OS/c12-7-3-4-8(13)9(6-7)14-15-11(16)10-2-1-5-17-10/h3-4,6,10,14H,1-2,5H2,(H,15,16)/t10-/m1/s1. The van der Waals surface area contributed by atoms with Crippen LogP contribution in [0.1, 0.15) is 12.8 Å². The van der Waals surface area contributed by atoms with Crippen molar-refractivity contribution in [1.82, 2.24) is 5.43 Å². The monoisotopic (exact) mass is 290 g/mol. The van der Waals surface area contributed by atoms with Crippen LogP contribution in [-0.2, 0) is 4.79 Å². The highest BCUT2D eigenvalue weighted by Crippen LogP contribution is 2.27. The zero-order chi connectivity index (χ0) is 12.3. The lowest BCUT2D eigenvalue weighted by atomic mass is 10.2. The number of amides is 1. The lowest BCUT2D eigenvalue weighted by Gasteiger charge is -2.13. The summed E-state index contributed by atoms with van der Waals surface area (Å²) in [5.74, 6) is 1.04. The number of carbonyl (C=O) groups is 1. The molecule has 3 nitrogen and oxygen atoms in total. The number of halogens is 2. The molecule has 92 valence electrons. The minimum absolute atomic E-state index is 0.0106. The van der Waals surface area contributed by atoms with Crippen LogP contribution in [0.5, 0.6) is 0 Å². The molecule has 0 saturated carbocycles. The summed E-state index contributed by atoms with van der Waals surface area (Å²) in [6.07, 6.45) is 2.03. The second-order valence-corrected chi connectivity index (χ2v) is 5.89. The SMILES string of the molecule is O=C(NNc1cc(Cl)ccc1Cl)[C@H]1CCCS1. The number of thioether (sulfide) groups is 1. The number of hydrogen-bond acceptors (Lipinski definition) is 3. The fourth-order valence-corrected chi connectivity index (χ4v) is 3.09. The van der Waals surface area contributed by atoms with Crippen molar-refractivity contribution in [3.8, 4) is 0 Å². The molecule has 1 amide bonds. The molecule has 1 aliphatic heterocycles. The van der Waals surface area contributed by atoms with Gasteiger partial charge in [0.05, 0.1) is 16.0 Å². The number of hydrazine groups is 1. The summed E-state index contributed by atoms with van der Waals surface area (Å²) in [6, 6.07) is 5.05. The van der Waals surface area contributed by atoms with Gasteiger partial charge in [0.25, 0.3) is 5.91 Å². The second kappa shape index (κ2) is 5.85. The van der Waals surface area contributed by atoms with Crippen LogP contribution < -0.4 is 10.9 Å².